The van der Waals surface area contributed by atoms with Crippen LogP contribution in [0.15, 0.2) is 35.5 Å². The van der Waals surface area contributed by atoms with Gasteiger partial charge >= 0.3 is 0 Å². The van der Waals surface area contributed by atoms with Crippen molar-refractivity contribution in [1.82, 2.24) is 24.4 Å². The van der Waals surface area contributed by atoms with Gasteiger partial charge in [-0.3, -0.25) is 4.79 Å². The maximum atomic E-state index is 12.6. The van der Waals surface area contributed by atoms with Crippen molar-refractivity contribution in [2.45, 2.75) is 37.1 Å². The molecule has 1 aliphatic heterocycles. The Labute approximate surface area is 164 Å². The van der Waals surface area contributed by atoms with Gasteiger partial charge in [-0.25, -0.2) is 13.1 Å². The van der Waals surface area contributed by atoms with Crippen LogP contribution >= 0.6 is 0 Å². The number of hydrogen-bond acceptors (Lipinski definition) is 6. The van der Waals surface area contributed by atoms with Gasteiger partial charge in [-0.1, -0.05) is 0 Å². The van der Waals surface area contributed by atoms with E-state index >= 15 is 0 Å². The van der Waals surface area contributed by atoms with E-state index in [-0.39, 0.29) is 29.8 Å². The number of carbonyl (C=O) groups is 1. The number of nitrogens with one attached hydrogen (secondary N) is 1. The van der Waals surface area contributed by atoms with Crippen LogP contribution in [0.5, 0.6) is 5.75 Å². The van der Waals surface area contributed by atoms with Crippen molar-refractivity contribution >= 4 is 15.9 Å². The lowest BCUT2D eigenvalue weighted by Gasteiger charge is -2.24. The van der Waals surface area contributed by atoms with E-state index in [0.29, 0.717) is 18.9 Å². The largest absolute Gasteiger partial charge is 0.494 e. The average molecular weight is 407 g/mol. The number of rotatable bonds is 8. The molecule has 0 spiro atoms. The van der Waals surface area contributed by atoms with Crippen LogP contribution in [0, 0.1) is 0 Å². The van der Waals surface area contributed by atoms with Crippen molar-refractivity contribution < 1.29 is 17.9 Å². The first-order valence-corrected chi connectivity index (χ1v) is 10.8. The molecule has 1 aromatic carbocycles. The number of benzene rings is 1. The fourth-order valence-electron chi connectivity index (χ4n) is 3.33. The van der Waals surface area contributed by atoms with E-state index in [1.807, 2.05) is 18.5 Å². The second-order valence-electron chi connectivity index (χ2n) is 6.60. The second kappa shape index (κ2) is 8.70. The minimum Gasteiger partial charge on any atom is -0.494 e. The summed E-state index contributed by atoms with van der Waals surface area (Å²) in [4.78, 5) is 14.5. The van der Waals surface area contributed by atoms with Crippen LogP contribution in [0.3, 0.4) is 0 Å². The van der Waals surface area contributed by atoms with Crippen LogP contribution in [0.1, 0.15) is 38.1 Å². The smallest absolute Gasteiger partial charge is 0.240 e. The predicted octanol–water partition coefficient (Wildman–Crippen LogP) is 1.25. The molecule has 3 rings (SSSR count). The van der Waals surface area contributed by atoms with Gasteiger partial charge in [0.2, 0.25) is 15.9 Å². The monoisotopic (exact) mass is 407 g/mol. The minimum absolute atomic E-state index is 0.0381. The average Bonchev–Trinajstić information content (AvgIpc) is 3.30. The molecule has 2 aromatic rings. The Balaban J connectivity index is 1.56. The molecule has 9 nitrogen and oxygen atoms in total. The first kappa shape index (κ1) is 20.3. The molecule has 1 saturated heterocycles. The van der Waals surface area contributed by atoms with Gasteiger partial charge in [-0.2, -0.15) is 0 Å². The van der Waals surface area contributed by atoms with Gasteiger partial charge in [0.1, 0.15) is 12.1 Å². The SMILES string of the molecule is CCOc1ccc(S(=O)(=O)NCCC(=O)N2CCC[C@H]2c2nncn2C)cc1. The molecule has 152 valence electrons. The lowest BCUT2D eigenvalue weighted by atomic mass is 10.2. The van der Waals surface area contributed by atoms with Crippen LogP contribution in [-0.4, -0.2) is 53.7 Å². The van der Waals surface area contributed by atoms with Gasteiger partial charge in [0.05, 0.1) is 17.5 Å². The molecule has 0 bridgehead atoms. The third-order valence-electron chi connectivity index (χ3n) is 4.69. The zero-order valence-electron chi connectivity index (χ0n) is 16.0. The first-order chi connectivity index (χ1) is 13.4. The van der Waals surface area contributed by atoms with E-state index in [9.17, 15) is 13.2 Å². The molecule has 10 heteroatoms. The summed E-state index contributed by atoms with van der Waals surface area (Å²) in [5.41, 5.74) is 0. The summed E-state index contributed by atoms with van der Waals surface area (Å²) in [6.07, 6.45) is 3.42. The quantitative estimate of drug-likeness (QED) is 0.706. The van der Waals surface area contributed by atoms with E-state index in [0.717, 1.165) is 18.7 Å². The Kier molecular flexibility index (Phi) is 6.30. The number of carbonyl (C=O) groups excluding carboxylic acids is 1. The summed E-state index contributed by atoms with van der Waals surface area (Å²) >= 11 is 0. The van der Waals surface area contributed by atoms with Crippen molar-refractivity contribution in [3.63, 3.8) is 0 Å². The molecule has 1 aliphatic rings. The molecule has 1 amide bonds. The number of likely N-dealkylation sites (tertiary alicyclic amines) is 1. The molecule has 0 radical (unpaired) electrons. The minimum atomic E-state index is -3.68. The predicted molar refractivity (Wildman–Crippen MR) is 102 cm³/mol. The molecule has 0 aliphatic carbocycles. The second-order valence-corrected chi connectivity index (χ2v) is 8.36. The van der Waals surface area contributed by atoms with Gasteiger partial charge in [0.25, 0.3) is 0 Å². The van der Waals surface area contributed by atoms with Gasteiger partial charge in [-0.15, -0.1) is 10.2 Å². The number of nitrogens with zero attached hydrogens (tertiary/aromatic N) is 4. The Morgan fingerprint density at radius 3 is 2.71 bits per heavy atom. The first-order valence-electron chi connectivity index (χ1n) is 9.28. The fourth-order valence-corrected chi connectivity index (χ4v) is 4.36. The number of aryl methyl sites for hydroxylation is 1. The van der Waals surface area contributed by atoms with Gasteiger partial charge in [0.15, 0.2) is 5.82 Å². The van der Waals surface area contributed by atoms with Crippen molar-refractivity contribution in [2.75, 3.05) is 19.7 Å². The van der Waals surface area contributed by atoms with Crippen LogP contribution in [0.25, 0.3) is 0 Å². The summed E-state index contributed by atoms with van der Waals surface area (Å²) < 4.78 is 34.4. The molecule has 1 N–H and O–H groups in total. The molecular formula is C18H25N5O4S. The van der Waals surface area contributed by atoms with Crippen molar-refractivity contribution in [3.8, 4) is 5.75 Å². The number of sulfonamides is 1. The van der Waals surface area contributed by atoms with Gasteiger partial charge < -0.3 is 14.2 Å². The lowest BCUT2D eigenvalue weighted by molar-refractivity contribution is -0.132. The van der Waals surface area contributed by atoms with E-state index in [1.165, 1.54) is 12.1 Å². The van der Waals surface area contributed by atoms with E-state index < -0.39 is 10.0 Å². The third-order valence-corrected chi connectivity index (χ3v) is 6.17. The van der Waals surface area contributed by atoms with Crippen LogP contribution < -0.4 is 9.46 Å². The summed E-state index contributed by atoms with van der Waals surface area (Å²) in [5, 5.41) is 7.99. The molecule has 1 fully saturated rings. The normalized spacial score (nSPS) is 17.1. The Bertz CT molecular complexity index is 910. The molecule has 1 atom stereocenters. The van der Waals surface area contributed by atoms with Crippen LogP contribution in [0.2, 0.25) is 0 Å². The zero-order valence-corrected chi connectivity index (χ0v) is 16.9. The highest BCUT2D eigenvalue weighted by Crippen LogP contribution is 2.30. The van der Waals surface area contributed by atoms with Crippen LogP contribution in [-0.2, 0) is 21.9 Å². The number of ether oxygens (including phenoxy) is 1. The van der Waals surface area contributed by atoms with Crippen molar-refractivity contribution in [1.29, 1.82) is 0 Å². The molecule has 28 heavy (non-hydrogen) atoms. The maximum absolute atomic E-state index is 12.6. The topological polar surface area (TPSA) is 106 Å². The summed E-state index contributed by atoms with van der Waals surface area (Å²) in [5.74, 6) is 1.26. The van der Waals surface area contributed by atoms with Gasteiger partial charge in [-0.05, 0) is 44.0 Å². The molecular weight excluding hydrogens is 382 g/mol. The Morgan fingerprint density at radius 2 is 2.07 bits per heavy atom. The summed E-state index contributed by atoms with van der Waals surface area (Å²) in [7, 11) is -1.83. The lowest BCUT2D eigenvalue weighted by Crippen LogP contribution is -2.35. The number of hydrogen-bond donors (Lipinski definition) is 1. The number of amides is 1. The van der Waals surface area contributed by atoms with Crippen molar-refractivity contribution in [3.05, 3.63) is 36.4 Å². The van der Waals surface area contributed by atoms with E-state index in [1.54, 1.807) is 23.4 Å². The standard InChI is InChI=1S/C18H25N5O4S/c1-3-27-14-6-8-15(9-7-14)28(25,26)20-11-10-17(24)23-12-4-5-16(23)18-21-19-13-22(18)2/h6-9,13,16,20H,3-5,10-12H2,1-2H3/t16-/m0/s1. The Morgan fingerprint density at radius 1 is 1.32 bits per heavy atom. The molecule has 0 unspecified atom stereocenters. The maximum Gasteiger partial charge on any atom is 0.240 e. The zero-order chi connectivity index (χ0) is 20.1. The van der Waals surface area contributed by atoms with Crippen LogP contribution in [0.4, 0.5) is 0 Å². The van der Waals surface area contributed by atoms with E-state index in [2.05, 4.69) is 14.9 Å². The summed E-state index contributed by atoms with van der Waals surface area (Å²) in [6.45, 7) is 3.05. The highest BCUT2D eigenvalue weighted by atomic mass is 32.2. The van der Waals surface area contributed by atoms with Crippen molar-refractivity contribution in [2.24, 2.45) is 7.05 Å². The van der Waals surface area contributed by atoms with E-state index in [4.69, 9.17) is 4.74 Å². The molecule has 0 saturated carbocycles. The van der Waals surface area contributed by atoms with Gasteiger partial charge in [0, 0.05) is 26.6 Å². The highest BCUT2D eigenvalue weighted by Gasteiger charge is 2.32. The highest BCUT2D eigenvalue weighted by molar-refractivity contribution is 7.89. The number of aromatic nitrogens is 3. The Hall–Kier alpha value is -2.46. The molecule has 2 heterocycles. The molecule has 1 aromatic heterocycles. The third kappa shape index (κ3) is 4.50. The summed E-state index contributed by atoms with van der Waals surface area (Å²) in [6, 6.07) is 6.08. The fraction of sp³-hybridized carbons (Fsp3) is 0.500.